The van der Waals surface area contributed by atoms with E-state index >= 15 is 0 Å². The zero-order valence-electron chi connectivity index (χ0n) is 19.4. The van der Waals surface area contributed by atoms with E-state index in [2.05, 4.69) is 21.8 Å². The summed E-state index contributed by atoms with van der Waals surface area (Å²) in [7, 11) is 1.92. The lowest BCUT2D eigenvalue weighted by Gasteiger charge is -2.14. The van der Waals surface area contributed by atoms with Crippen molar-refractivity contribution in [3.05, 3.63) is 81.2 Å². The Balaban J connectivity index is 1.90. The van der Waals surface area contributed by atoms with Crippen LogP contribution < -0.4 is 10.6 Å². The number of anilines is 1. The molecule has 0 radical (unpaired) electrons. The summed E-state index contributed by atoms with van der Waals surface area (Å²) in [4.78, 5) is 17.7. The molecule has 3 rings (SSSR count). The van der Waals surface area contributed by atoms with Crippen LogP contribution in [0.5, 0.6) is 0 Å². The monoisotopic (exact) mass is 417 g/mol. The van der Waals surface area contributed by atoms with E-state index in [-0.39, 0.29) is 5.91 Å². The number of hydrogen-bond acceptors (Lipinski definition) is 3. The van der Waals surface area contributed by atoms with Crippen molar-refractivity contribution in [1.29, 1.82) is 0 Å². The third kappa shape index (κ3) is 5.40. The number of aliphatic imine (C=N–C) groups is 1. The fraction of sp³-hybridized carbons (Fsp3) is 0.320. The van der Waals surface area contributed by atoms with Gasteiger partial charge in [0.05, 0.1) is 12.2 Å². The summed E-state index contributed by atoms with van der Waals surface area (Å²) < 4.78 is 1.85. The Labute approximate surface area is 184 Å². The molecule has 6 nitrogen and oxygen atoms in total. The molecule has 31 heavy (non-hydrogen) atoms. The van der Waals surface area contributed by atoms with Crippen LogP contribution in [0.3, 0.4) is 0 Å². The molecule has 1 amide bonds. The van der Waals surface area contributed by atoms with Gasteiger partial charge in [-0.15, -0.1) is 0 Å². The van der Waals surface area contributed by atoms with Crippen LogP contribution in [0.4, 0.5) is 5.69 Å². The number of guanidine groups is 1. The lowest BCUT2D eigenvalue weighted by atomic mass is 10.1. The molecule has 2 aromatic carbocycles. The van der Waals surface area contributed by atoms with Crippen LogP contribution in [-0.2, 0) is 13.6 Å². The minimum absolute atomic E-state index is 0.196. The molecule has 3 aromatic rings. The number of benzene rings is 2. The zero-order valence-corrected chi connectivity index (χ0v) is 19.4. The molecule has 2 N–H and O–H groups in total. The Bertz CT molecular complexity index is 1140. The number of aryl methyl sites for hydroxylation is 6. The zero-order chi connectivity index (χ0) is 22.7. The van der Waals surface area contributed by atoms with Crippen molar-refractivity contribution in [2.45, 2.75) is 48.1 Å². The number of nitrogens with zero attached hydrogens (tertiary/aromatic N) is 3. The van der Waals surface area contributed by atoms with Gasteiger partial charge in [-0.25, -0.2) is 4.99 Å². The maximum Gasteiger partial charge on any atom is 0.257 e. The van der Waals surface area contributed by atoms with Gasteiger partial charge in [0.15, 0.2) is 0 Å². The van der Waals surface area contributed by atoms with Crippen LogP contribution in [0.15, 0.2) is 41.4 Å². The minimum atomic E-state index is -0.196. The highest BCUT2D eigenvalue weighted by Gasteiger charge is 2.13. The first-order valence-corrected chi connectivity index (χ1v) is 10.4. The number of nitrogens with one attached hydrogen (secondary N) is 2. The number of carbonyl (C=O) groups is 1. The van der Waals surface area contributed by atoms with Gasteiger partial charge in [0.2, 0.25) is 5.96 Å². The highest BCUT2D eigenvalue weighted by molar-refractivity contribution is 6.10. The molecule has 0 saturated heterocycles. The molecule has 1 aromatic heterocycles. The van der Waals surface area contributed by atoms with Crippen molar-refractivity contribution in [3.8, 4) is 0 Å². The third-order valence-electron chi connectivity index (χ3n) is 5.54. The molecule has 0 aliphatic heterocycles. The lowest BCUT2D eigenvalue weighted by Crippen LogP contribution is -2.36. The smallest absolute Gasteiger partial charge is 0.257 e. The average molecular weight is 418 g/mol. The minimum Gasteiger partial charge on any atom is -0.326 e. The topological polar surface area (TPSA) is 71.3 Å². The van der Waals surface area contributed by atoms with Crippen molar-refractivity contribution in [3.63, 3.8) is 0 Å². The van der Waals surface area contributed by atoms with Gasteiger partial charge in [-0.1, -0.05) is 12.1 Å². The van der Waals surface area contributed by atoms with Gasteiger partial charge in [0.25, 0.3) is 5.91 Å². The molecule has 0 aliphatic rings. The summed E-state index contributed by atoms with van der Waals surface area (Å²) in [5, 5.41) is 10.7. The summed E-state index contributed by atoms with van der Waals surface area (Å²) in [5.41, 5.74) is 9.06. The van der Waals surface area contributed by atoms with Gasteiger partial charge >= 0.3 is 0 Å². The summed E-state index contributed by atoms with van der Waals surface area (Å²) in [6, 6.07) is 11.9. The quantitative estimate of drug-likeness (QED) is 0.479. The van der Waals surface area contributed by atoms with Gasteiger partial charge in [-0.3, -0.25) is 14.8 Å². The van der Waals surface area contributed by atoms with Crippen LogP contribution in [0.25, 0.3) is 0 Å². The molecule has 0 unspecified atom stereocenters. The first-order chi connectivity index (χ1) is 14.6. The van der Waals surface area contributed by atoms with E-state index in [0.29, 0.717) is 18.1 Å². The molecule has 0 aliphatic carbocycles. The molecule has 0 saturated carbocycles. The van der Waals surface area contributed by atoms with Crippen molar-refractivity contribution < 1.29 is 4.79 Å². The summed E-state index contributed by atoms with van der Waals surface area (Å²) in [6.45, 7) is 12.5. The van der Waals surface area contributed by atoms with Crippen molar-refractivity contribution in [1.82, 2.24) is 15.1 Å². The van der Waals surface area contributed by atoms with Crippen molar-refractivity contribution in [2.75, 3.05) is 5.32 Å². The lowest BCUT2D eigenvalue weighted by molar-refractivity contribution is 0.0977. The molecule has 0 spiro atoms. The van der Waals surface area contributed by atoms with E-state index in [4.69, 9.17) is 4.99 Å². The normalized spacial score (nSPS) is 11.5. The van der Waals surface area contributed by atoms with Crippen LogP contribution >= 0.6 is 0 Å². The molecular weight excluding hydrogens is 386 g/mol. The van der Waals surface area contributed by atoms with Crippen LogP contribution in [-0.4, -0.2) is 21.6 Å². The van der Waals surface area contributed by atoms with E-state index in [0.717, 1.165) is 44.9 Å². The number of carbonyl (C=O) groups excluding carboxylic acids is 1. The highest BCUT2D eigenvalue weighted by atomic mass is 16.1. The summed E-state index contributed by atoms with van der Waals surface area (Å²) >= 11 is 0. The van der Waals surface area contributed by atoms with Gasteiger partial charge in [0.1, 0.15) is 0 Å². The van der Waals surface area contributed by atoms with Gasteiger partial charge in [-0.05, 0) is 88.1 Å². The average Bonchev–Trinajstić information content (AvgIpc) is 2.92. The number of aromatic nitrogens is 2. The van der Waals surface area contributed by atoms with E-state index in [9.17, 15) is 4.79 Å². The molecule has 162 valence electrons. The van der Waals surface area contributed by atoms with Crippen molar-refractivity contribution >= 4 is 17.6 Å². The van der Waals surface area contributed by atoms with Gasteiger partial charge in [0, 0.05) is 29.6 Å². The second-order valence-electron chi connectivity index (χ2n) is 8.19. The molecular formula is C25H31N5O. The second kappa shape index (κ2) is 9.16. The SMILES string of the molecule is Cc1cc(C)cc(NC(=NCc2c(C)nn(C)c2C)NC(=O)c2ccc(C)c(C)c2)c1. The van der Waals surface area contributed by atoms with Crippen molar-refractivity contribution in [2.24, 2.45) is 12.0 Å². The Kier molecular flexibility index (Phi) is 6.59. The fourth-order valence-electron chi connectivity index (χ4n) is 3.56. The Morgan fingerprint density at radius 1 is 0.968 bits per heavy atom. The van der Waals surface area contributed by atoms with Crippen LogP contribution in [0, 0.1) is 41.5 Å². The maximum absolute atomic E-state index is 12.9. The summed E-state index contributed by atoms with van der Waals surface area (Å²) in [6.07, 6.45) is 0. The van der Waals surface area contributed by atoms with E-state index < -0.39 is 0 Å². The molecule has 1 heterocycles. The predicted octanol–water partition coefficient (Wildman–Crippen LogP) is 4.67. The van der Waals surface area contributed by atoms with E-state index in [1.807, 2.05) is 83.6 Å². The van der Waals surface area contributed by atoms with E-state index in [1.54, 1.807) is 0 Å². The highest BCUT2D eigenvalue weighted by Crippen LogP contribution is 2.16. The summed E-state index contributed by atoms with van der Waals surface area (Å²) in [5.74, 6) is 0.217. The van der Waals surface area contributed by atoms with E-state index in [1.165, 1.54) is 0 Å². The standard InChI is InChI=1S/C25H31N5O/c1-15-10-16(2)12-22(11-15)27-25(26-14-23-19(5)29-30(7)20(23)6)28-24(31)21-9-8-17(3)18(4)13-21/h8-13H,14H2,1-7H3,(H2,26,27,28,31). The molecule has 6 heteroatoms. The van der Waals surface area contributed by atoms with Gasteiger partial charge in [-0.2, -0.15) is 5.10 Å². The number of rotatable bonds is 4. The number of amides is 1. The fourth-order valence-corrected chi connectivity index (χ4v) is 3.56. The molecule has 0 bridgehead atoms. The third-order valence-corrected chi connectivity index (χ3v) is 5.54. The first kappa shape index (κ1) is 22.3. The van der Waals surface area contributed by atoms with Gasteiger partial charge < -0.3 is 5.32 Å². The van der Waals surface area contributed by atoms with Crippen LogP contribution in [0.1, 0.15) is 49.6 Å². The molecule has 0 fully saturated rings. The Morgan fingerprint density at radius 2 is 1.65 bits per heavy atom. The Hall–Kier alpha value is -3.41. The Morgan fingerprint density at radius 3 is 2.23 bits per heavy atom. The molecule has 0 atom stereocenters. The van der Waals surface area contributed by atoms with Crippen LogP contribution in [0.2, 0.25) is 0 Å². The predicted molar refractivity (Wildman–Crippen MR) is 127 cm³/mol. The first-order valence-electron chi connectivity index (χ1n) is 10.4. The maximum atomic E-state index is 12.9. The second-order valence-corrected chi connectivity index (χ2v) is 8.19. The number of hydrogen-bond donors (Lipinski definition) is 2. The largest absolute Gasteiger partial charge is 0.326 e.